The molecule has 134 valence electrons. The Kier molecular flexibility index (Phi) is 5.58. The standard InChI is InChI=1S/C19H17BrN2O3S/c1-14-11-18(8-9-19(14)20)26(23,24)22-15-6-4-7-17(12-15)25-13-16-5-2-3-10-21-16/h2-12,22H,13H2,1H3. The zero-order valence-corrected chi connectivity index (χ0v) is 16.4. The van der Waals surface area contributed by atoms with E-state index >= 15 is 0 Å². The van der Waals surface area contributed by atoms with Crippen LogP contribution in [0.4, 0.5) is 5.69 Å². The van der Waals surface area contributed by atoms with Gasteiger partial charge in [0.1, 0.15) is 12.4 Å². The largest absolute Gasteiger partial charge is 0.487 e. The highest BCUT2D eigenvalue weighted by Gasteiger charge is 2.15. The summed E-state index contributed by atoms with van der Waals surface area (Å²) in [6.45, 7) is 2.15. The number of halogens is 1. The summed E-state index contributed by atoms with van der Waals surface area (Å²) in [4.78, 5) is 4.40. The zero-order valence-electron chi connectivity index (χ0n) is 14.0. The highest BCUT2D eigenvalue weighted by Crippen LogP contribution is 2.24. The van der Waals surface area contributed by atoms with E-state index in [1.807, 2.05) is 25.1 Å². The van der Waals surface area contributed by atoms with Gasteiger partial charge in [-0.15, -0.1) is 0 Å². The molecular formula is C19H17BrN2O3S. The van der Waals surface area contributed by atoms with E-state index < -0.39 is 10.0 Å². The van der Waals surface area contributed by atoms with Crippen LogP contribution in [0.2, 0.25) is 0 Å². The quantitative estimate of drug-likeness (QED) is 0.620. The molecule has 0 unspecified atom stereocenters. The third-order valence-corrected chi connectivity index (χ3v) is 5.91. The van der Waals surface area contributed by atoms with Crippen molar-refractivity contribution in [2.75, 3.05) is 4.72 Å². The first-order valence-electron chi connectivity index (χ1n) is 7.86. The Morgan fingerprint density at radius 1 is 1.08 bits per heavy atom. The third-order valence-electron chi connectivity index (χ3n) is 3.64. The minimum absolute atomic E-state index is 0.206. The summed E-state index contributed by atoms with van der Waals surface area (Å²) >= 11 is 3.37. The number of hydrogen-bond acceptors (Lipinski definition) is 4. The smallest absolute Gasteiger partial charge is 0.261 e. The van der Waals surface area contributed by atoms with Crippen molar-refractivity contribution in [2.24, 2.45) is 0 Å². The topological polar surface area (TPSA) is 68.3 Å². The molecule has 0 aliphatic carbocycles. The highest BCUT2D eigenvalue weighted by atomic mass is 79.9. The molecule has 0 saturated heterocycles. The molecule has 0 fully saturated rings. The molecule has 3 rings (SSSR count). The van der Waals surface area contributed by atoms with Crippen molar-refractivity contribution in [1.29, 1.82) is 0 Å². The number of anilines is 1. The number of nitrogens with one attached hydrogen (secondary N) is 1. The molecule has 2 aromatic carbocycles. The Balaban J connectivity index is 1.74. The molecule has 0 saturated carbocycles. The van der Waals surface area contributed by atoms with Gasteiger partial charge in [0, 0.05) is 16.7 Å². The average molecular weight is 433 g/mol. The lowest BCUT2D eigenvalue weighted by atomic mass is 10.2. The number of rotatable bonds is 6. The summed E-state index contributed by atoms with van der Waals surface area (Å²) in [5.41, 5.74) is 2.08. The van der Waals surface area contributed by atoms with Gasteiger partial charge in [-0.1, -0.05) is 28.1 Å². The van der Waals surface area contributed by atoms with Crippen molar-refractivity contribution in [3.8, 4) is 5.75 Å². The SMILES string of the molecule is Cc1cc(S(=O)(=O)Nc2cccc(OCc3ccccn3)c2)ccc1Br. The number of benzene rings is 2. The van der Waals surface area contributed by atoms with Gasteiger partial charge in [0.2, 0.25) is 0 Å². The number of sulfonamides is 1. The van der Waals surface area contributed by atoms with Crippen molar-refractivity contribution in [1.82, 2.24) is 4.98 Å². The Morgan fingerprint density at radius 3 is 2.65 bits per heavy atom. The lowest BCUT2D eigenvalue weighted by molar-refractivity contribution is 0.301. The highest BCUT2D eigenvalue weighted by molar-refractivity contribution is 9.10. The number of pyridine rings is 1. The van der Waals surface area contributed by atoms with Crippen LogP contribution in [0.25, 0.3) is 0 Å². The molecule has 7 heteroatoms. The van der Waals surface area contributed by atoms with E-state index in [9.17, 15) is 8.42 Å². The van der Waals surface area contributed by atoms with E-state index in [1.165, 1.54) is 0 Å². The van der Waals surface area contributed by atoms with Crippen LogP contribution in [0.3, 0.4) is 0 Å². The molecule has 26 heavy (non-hydrogen) atoms. The molecule has 0 amide bonds. The van der Waals surface area contributed by atoms with Crippen LogP contribution in [0.1, 0.15) is 11.3 Å². The van der Waals surface area contributed by atoms with Crippen LogP contribution >= 0.6 is 15.9 Å². The van der Waals surface area contributed by atoms with Gasteiger partial charge in [0.05, 0.1) is 16.3 Å². The average Bonchev–Trinajstić information content (AvgIpc) is 2.63. The van der Waals surface area contributed by atoms with Crippen LogP contribution in [-0.4, -0.2) is 13.4 Å². The van der Waals surface area contributed by atoms with Crippen LogP contribution in [-0.2, 0) is 16.6 Å². The minimum Gasteiger partial charge on any atom is -0.487 e. The van der Waals surface area contributed by atoms with Crippen LogP contribution < -0.4 is 9.46 Å². The molecule has 0 radical (unpaired) electrons. The normalized spacial score (nSPS) is 11.2. The lowest BCUT2D eigenvalue weighted by Crippen LogP contribution is -2.13. The summed E-state index contributed by atoms with van der Waals surface area (Å²) in [7, 11) is -3.68. The van der Waals surface area contributed by atoms with E-state index in [2.05, 4.69) is 25.6 Å². The van der Waals surface area contributed by atoms with Crippen LogP contribution in [0.5, 0.6) is 5.75 Å². The monoisotopic (exact) mass is 432 g/mol. The fourth-order valence-electron chi connectivity index (χ4n) is 2.29. The van der Waals surface area contributed by atoms with E-state index in [4.69, 9.17) is 4.74 Å². The van der Waals surface area contributed by atoms with E-state index in [1.54, 1.807) is 48.7 Å². The number of aryl methyl sites for hydroxylation is 1. The summed E-state index contributed by atoms with van der Waals surface area (Å²) < 4.78 is 34.3. The second-order valence-electron chi connectivity index (χ2n) is 5.65. The fraction of sp³-hybridized carbons (Fsp3) is 0.105. The molecule has 0 aliphatic heterocycles. The summed E-state index contributed by atoms with van der Waals surface area (Å²) in [5, 5.41) is 0. The van der Waals surface area contributed by atoms with Crippen molar-refractivity contribution < 1.29 is 13.2 Å². The molecule has 1 heterocycles. The summed E-state index contributed by atoms with van der Waals surface area (Å²) in [6, 6.07) is 17.3. The predicted molar refractivity (Wildman–Crippen MR) is 105 cm³/mol. The van der Waals surface area contributed by atoms with Gasteiger partial charge in [0.15, 0.2) is 0 Å². The molecule has 0 spiro atoms. The Bertz CT molecular complexity index is 1010. The van der Waals surface area contributed by atoms with E-state index in [0.717, 1.165) is 15.7 Å². The molecular weight excluding hydrogens is 416 g/mol. The zero-order chi connectivity index (χ0) is 18.6. The number of nitrogens with zero attached hydrogens (tertiary/aromatic N) is 1. The van der Waals surface area contributed by atoms with Crippen LogP contribution in [0, 0.1) is 6.92 Å². The molecule has 1 N–H and O–H groups in total. The number of aromatic nitrogens is 1. The maximum absolute atomic E-state index is 12.6. The molecule has 0 aliphatic rings. The minimum atomic E-state index is -3.68. The first kappa shape index (κ1) is 18.4. The summed E-state index contributed by atoms with van der Waals surface area (Å²) in [6.07, 6.45) is 1.70. The Labute approximate surface area is 161 Å². The fourth-order valence-corrected chi connectivity index (χ4v) is 3.67. The molecule has 5 nitrogen and oxygen atoms in total. The number of ether oxygens (including phenoxy) is 1. The summed E-state index contributed by atoms with van der Waals surface area (Å²) in [5.74, 6) is 0.558. The third kappa shape index (κ3) is 4.62. The van der Waals surface area contributed by atoms with Gasteiger partial charge in [-0.25, -0.2) is 8.42 Å². The molecule has 3 aromatic rings. The first-order valence-corrected chi connectivity index (χ1v) is 10.1. The van der Waals surface area contributed by atoms with Gasteiger partial charge in [-0.2, -0.15) is 0 Å². The second-order valence-corrected chi connectivity index (χ2v) is 8.19. The van der Waals surface area contributed by atoms with Crippen molar-refractivity contribution in [3.63, 3.8) is 0 Å². The lowest BCUT2D eigenvalue weighted by Gasteiger charge is -2.11. The maximum atomic E-state index is 12.6. The van der Waals surface area contributed by atoms with Gasteiger partial charge in [-0.3, -0.25) is 9.71 Å². The van der Waals surface area contributed by atoms with Crippen molar-refractivity contribution in [2.45, 2.75) is 18.4 Å². The van der Waals surface area contributed by atoms with Gasteiger partial charge >= 0.3 is 0 Å². The van der Waals surface area contributed by atoms with E-state index in [0.29, 0.717) is 18.0 Å². The maximum Gasteiger partial charge on any atom is 0.261 e. The van der Waals surface area contributed by atoms with E-state index in [-0.39, 0.29) is 4.90 Å². The van der Waals surface area contributed by atoms with Gasteiger partial charge in [-0.05, 0) is 55.0 Å². The predicted octanol–water partition coefficient (Wildman–Crippen LogP) is 4.53. The van der Waals surface area contributed by atoms with Gasteiger partial charge < -0.3 is 4.74 Å². The van der Waals surface area contributed by atoms with Crippen molar-refractivity contribution in [3.05, 3.63) is 82.6 Å². The Morgan fingerprint density at radius 2 is 1.92 bits per heavy atom. The van der Waals surface area contributed by atoms with Gasteiger partial charge in [0.25, 0.3) is 10.0 Å². The molecule has 1 aromatic heterocycles. The van der Waals surface area contributed by atoms with Crippen LogP contribution in [0.15, 0.2) is 76.2 Å². The van der Waals surface area contributed by atoms with Crippen molar-refractivity contribution >= 4 is 31.6 Å². The molecule has 0 bridgehead atoms. The first-order chi connectivity index (χ1) is 12.4. The Hall–Kier alpha value is -2.38. The molecule has 0 atom stereocenters. The number of hydrogen-bond donors (Lipinski definition) is 1. The second kappa shape index (κ2) is 7.88.